The van der Waals surface area contributed by atoms with Crippen LogP contribution in [0.3, 0.4) is 0 Å². The molecule has 3 saturated heterocycles. The number of nitrogens with zero attached hydrogens (tertiary/aromatic N) is 3. The van der Waals surface area contributed by atoms with E-state index in [1.807, 2.05) is 25.7 Å². The fourth-order valence-corrected chi connectivity index (χ4v) is 6.58. The summed E-state index contributed by atoms with van der Waals surface area (Å²) in [5.74, 6) is -0.786. The molecule has 1 unspecified atom stereocenters. The second kappa shape index (κ2) is 11.5. The fourth-order valence-electron chi connectivity index (χ4n) is 6.58. The number of ether oxygens (including phenoxy) is 1. The molecule has 1 aromatic carbocycles. The molecule has 5 rings (SSSR count). The number of imide groups is 1. The van der Waals surface area contributed by atoms with E-state index in [-0.39, 0.29) is 36.8 Å². The lowest BCUT2D eigenvalue weighted by Crippen LogP contribution is -2.52. The largest absolute Gasteiger partial charge is 0.444 e. The van der Waals surface area contributed by atoms with Gasteiger partial charge in [-0.1, -0.05) is 0 Å². The molecule has 4 aliphatic heterocycles. The molecule has 4 heterocycles. The first-order valence-corrected chi connectivity index (χ1v) is 14.7. The van der Waals surface area contributed by atoms with Crippen molar-refractivity contribution in [3.05, 3.63) is 34.6 Å². The van der Waals surface area contributed by atoms with Crippen molar-refractivity contribution in [3.63, 3.8) is 0 Å². The zero-order valence-corrected chi connectivity index (χ0v) is 23.8. The lowest BCUT2D eigenvalue weighted by atomic mass is 9.85. The first-order valence-electron chi connectivity index (χ1n) is 14.7. The summed E-state index contributed by atoms with van der Waals surface area (Å²) in [6, 6.07) is 2.15. The van der Waals surface area contributed by atoms with Gasteiger partial charge in [-0.15, -0.1) is 0 Å². The summed E-state index contributed by atoms with van der Waals surface area (Å²) >= 11 is 0. The molecular formula is C30H41FN4O5. The molecule has 3 fully saturated rings. The van der Waals surface area contributed by atoms with Crippen molar-refractivity contribution >= 4 is 23.8 Å². The Morgan fingerprint density at radius 2 is 1.73 bits per heavy atom. The number of carbonyl (C=O) groups is 4. The number of halogens is 1. The van der Waals surface area contributed by atoms with Crippen LogP contribution in [0.5, 0.6) is 0 Å². The van der Waals surface area contributed by atoms with Gasteiger partial charge < -0.3 is 19.4 Å². The Bertz CT molecular complexity index is 1170. The van der Waals surface area contributed by atoms with Crippen molar-refractivity contribution in [2.24, 2.45) is 5.92 Å². The average molecular weight is 557 g/mol. The fraction of sp³-hybridized carbons (Fsp3) is 0.667. The maximum Gasteiger partial charge on any atom is 0.410 e. The van der Waals surface area contributed by atoms with E-state index in [0.717, 1.165) is 76.0 Å². The summed E-state index contributed by atoms with van der Waals surface area (Å²) in [7, 11) is 0. The number of hydrogen-bond donors (Lipinski definition) is 1. The SMILES string of the molecule is CC(C)(C)OC(=O)N1CCC(CCN2CCC(c3cc(F)cc4c3CN(C3CCC(=O)NC3=O)C4=O)CC2)CC1. The molecule has 4 amide bonds. The van der Waals surface area contributed by atoms with Crippen molar-refractivity contribution in [3.8, 4) is 0 Å². The number of amides is 4. The molecule has 1 atom stereocenters. The van der Waals surface area contributed by atoms with E-state index in [1.165, 1.54) is 11.0 Å². The van der Waals surface area contributed by atoms with Crippen molar-refractivity contribution in [1.29, 1.82) is 0 Å². The molecule has 218 valence electrons. The summed E-state index contributed by atoms with van der Waals surface area (Å²) in [5.41, 5.74) is 1.58. The molecule has 40 heavy (non-hydrogen) atoms. The molecule has 0 bridgehead atoms. The van der Waals surface area contributed by atoms with Gasteiger partial charge in [0.1, 0.15) is 17.5 Å². The van der Waals surface area contributed by atoms with Crippen LogP contribution in [0.15, 0.2) is 12.1 Å². The molecule has 9 nitrogen and oxygen atoms in total. The molecule has 1 N–H and O–H groups in total. The van der Waals surface area contributed by atoms with Gasteiger partial charge in [0.05, 0.1) is 0 Å². The van der Waals surface area contributed by atoms with Crippen LogP contribution in [0, 0.1) is 11.7 Å². The van der Waals surface area contributed by atoms with E-state index < -0.39 is 23.4 Å². The summed E-state index contributed by atoms with van der Waals surface area (Å²) in [6.45, 7) is 10.2. The Morgan fingerprint density at radius 1 is 1.02 bits per heavy atom. The van der Waals surface area contributed by atoms with Crippen LogP contribution in [0.4, 0.5) is 9.18 Å². The second-order valence-corrected chi connectivity index (χ2v) is 12.7. The molecule has 10 heteroatoms. The highest BCUT2D eigenvalue weighted by Gasteiger charge is 2.41. The van der Waals surface area contributed by atoms with Crippen LogP contribution in [0.1, 0.15) is 93.1 Å². The van der Waals surface area contributed by atoms with Crippen molar-refractivity contribution < 1.29 is 28.3 Å². The number of carbonyl (C=O) groups excluding carboxylic acids is 4. The van der Waals surface area contributed by atoms with Gasteiger partial charge in [0, 0.05) is 31.6 Å². The Kier molecular flexibility index (Phi) is 8.17. The molecule has 0 radical (unpaired) electrons. The van der Waals surface area contributed by atoms with Gasteiger partial charge in [-0.3, -0.25) is 19.7 Å². The highest BCUT2D eigenvalue weighted by atomic mass is 19.1. The molecule has 4 aliphatic rings. The molecule has 0 aromatic heterocycles. The van der Waals surface area contributed by atoms with E-state index in [0.29, 0.717) is 17.9 Å². The maximum atomic E-state index is 14.7. The van der Waals surface area contributed by atoms with E-state index in [1.54, 1.807) is 6.07 Å². The molecule has 0 spiro atoms. The highest BCUT2D eigenvalue weighted by Crippen LogP contribution is 2.38. The topological polar surface area (TPSA) is 99.3 Å². The van der Waals surface area contributed by atoms with Gasteiger partial charge in [0.25, 0.3) is 5.91 Å². The van der Waals surface area contributed by atoms with Crippen LogP contribution >= 0.6 is 0 Å². The normalized spacial score (nSPS) is 23.4. The predicted molar refractivity (Wildman–Crippen MR) is 146 cm³/mol. The minimum Gasteiger partial charge on any atom is -0.444 e. The monoisotopic (exact) mass is 556 g/mol. The Morgan fingerprint density at radius 3 is 2.38 bits per heavy atom. The number of hydrogen-bond acceptors (Lipinski definition) is 6. The van der Waals surface area contributed by atoms with E-state index in [9.17, 15) is 23.6 Å². The molecule has 1 aromatic rings. The predicted octanol–water partition coefficient (Wildman–Crippen LogP) is 3.80. The minimum atomic E-state index is -0.702. The molecule has 0 aliphatic carbocycles. The van der Waals surface area contributed by atoms with E-state index in [2.05, 4.69) is 10.2 Å². The van der Waals surface area contributed by atoms with Crippen LogP contribution in [0.25, 0.3) is 0 Å². The summed E-state index contributed by atoms with van der Waals surface area (Å²) in [5, 5.41) is 2.32. The van der Waals surface area contributed by atoms with Gasteiger partial charge >= 0.3 is 6.09 Å². The summed E-state index contributed by atoms with van der Waals surface area (Å²) < 4.78 is 20.2. The number of likely N-dealkylation sites (tertiary alicyclic amines) is 2. The number of rotatable bonds is 5. The highest BCUT2D eigenvalue weighted by molar-refractivity contribution is 6.05. The maximum absolute atomic E-state index is 14.7. The zero-order chi connectivity index (χ0) is 28.6. The average Bonchev–Trinajstić information content (AvgIpc) is 3.22. The zero-order valence-electron chi connectivity index (χ0n) is 23.8. The van der Waals surface area contributed by atoms with Crippen molar-refractivity contribution in [2.45, 2.75) is 89.8 Å². The van der Waals surface area contributed by atoms with Crippen LogP contribution < -0.4 is 5.32 Å². The number of fused-ring (bicyclic) bond motifs is 1. The van der Waals surface area contributed by atoms with Crippen LogP contribution in [-0.4, -0.2) is 82.9 Å². The Balaban J connectivity index is 1.13. The third-order valence-corrected chi connectivity index (χ3v) is 8.80. The van der Waals surface area contributed by atoms with Crippen molar-refractivity contribution in [1.82, 2.24) is 20.0 Å². The second-order valence-electron chi connectivity index (χ2n) is 12.7. The quantitative estimate of drug-likeness (QED) is 0.554. The van der Waals surface area contributed by atoms with Gasteiger partial charge in [-0.05, 0) is 114 Å². The lowest BCUT2D eigenvalue weighted by molar-refractivity contribution is -0.136. The van der Waals surface area contributed by atoms with Gasteiger partial charge in [-0.2, -0.15) is 0 Å². The summed E-state index contributed by atoms with van der Waals surface area (Å²) in [4.78, 5) is 55.3. The molecular weight excluding hydrogens is 515 g/mol. The smallest absolute Gasteiger partial charge is 0.410 e. The number of piperidine rings is 3. The number of benzene rings is 1. The van der Waals surface area contributed by atoms with Gasteiger partial charge in [0.15, 0.2) is 0 Å². The molecule has 0 saturated carbocycles. The minimum absolute atomic E-state index is 0.160. The van der Waals surface area contributed by atoms with Crippen molar-refractivity contribution in [2.75, 3.05) is 32.7 Å². The third kappa shape index (κ3) is 6.32. The lowest BCUT2D eigenvalue weighted by Gasteiger charge is -2.36. The van der Waals surface area contributed by atoms with E-state index >= 15 is 0 Å². The van der Waals surface area contributed by atoms with Crippen LogP contribution in [-0.2, 0) is 20.9 Å². The number of nitrogens with one attached hydrogen (secondary N) is 1. The Hall–Kier alpha value is -3.01. The summed E-state index contributed by atoms with van der Waals surface area (Å²) in [6.07, 6.45) is 5.11. The first-order chi connectivity index (χ1) is 19.0. The van der Waals surface area contributed by atoms with Gasteiger partial charge in [0.2, 0.25) is 11.8 Å². The van der Waals surface area contributed by atoms with E-state index in [4.69, 9.17) is 4.74 Å². The first kappa shape index (κ1) is 28.5. The third-order valence-electron chi connectivity index (χ3n) is 8.80. The standard InChI is InChI=1S/C30H41FN4O5/c1-30(2,3)40-29(39)34-14-7-19(8-15-34)6-11-33-12-9-20(10-13-33)22-16-21(31)17-23-24(22)18-35(28(23)38)25-4-5-26(36)32-27(25)37/h16-17,19-20,25H,4-15,18H2,1-3H3,(H,32,36,37). The Labute approximate surface area is 235 Å². The van der Waals surface area contributed by atoms with Gasteiger partial charge in [-0.25, -0.2) is 9.18 Å². The van der Waals surface area contributed by atoms with Crippen LogP contribution in [0.2, 0.25) is 0 Å².